The summed E-state index contributed by atoms with van der Waals surface area (Å²) >= 11 is 0. The number of benzene rings is 1. The van der Waals surface area contributed by atoms with Crippen LogP contribution >= 0.6 is 0 Å². The van der Waals surface area contributed by atoms with Crippen LogP contribution in [0, 0.1) is 11.3 Å². The zero-order valence-corrected chi connectivity index (χ0v) is 20.8. The zero-order chi connectivity index (χ0) is 23.3. The van der Waals surface area contributed by atoms with Gasteiger partial charge >= 0.3 is 0 Å². The minimum Gasteiger partial charge on any atom is -0.410 e. The number of hydrogen-bond acceptors (Lipinski definition) is 4. The van der Waals surface area contributed by atoms with Crippen molar-refractivity contribution in [2.75, 3.05) is 0 Å². The second kappa shape index (κ2) is 7.98. The fourth-order valence-corrected chi connectivity index (χ4v) is 5.54. The molecule has 0 saturated heterocycles. The fraction of sp³-hybridized carbons (Fsp3) is 0.423. The van der Waals surface area contributed by atoms with Crippen molar-refractivity contribution in [2.24, 2.45) is 0 Å². The molecule has 4 rings (SSSR count). The van der Waals surface area contributed by atoms with Crippen LogP contribution in [0.25, 0.3) is 22.3 Å². The van der Waals surface area contributed by atoms with Crippen molar-refractivity contribution in [1.29, 1.82) is 5.26 Å². The molecule has 5 nitrogen and oxygen atoms in total. The van der Waals surface area contributed by atoms with E-state index in [-0.39, 0.29) is 23.1 Å². The van der Waals surface area contributed by atoms with E-state index in [1.165, 1.54) is 0 Å². The van der Waals surface area contributed by atoms with Gasteiger partial charge in [-0.3, -0.25) is 4.79 Å². The van der Waals surface area contributed by atoms with E-state index in [0.29, 0.717) is 12.1 Å². The normalized spacial score (nSPS) is 14.2. The summed E-state index contributed by atoms with van der Waals surface area (Å²) in [4.78, 5) is 18.5. The lowest BCUT2D eigenvalue weighted by Gasteiger charge is -2.39. The maximum absolute atomic E-state index is 13.6. The highest BCUT2D eigenvalue weighted by Gasteiger charge is 2.40. The third kappa shape index (κ3) is 3.70. The van der Waals surface area contributed by atoms with Gasteiger partial charge in [0.1, 0.15) is 0 Å². The Balaban J connectivity index is 1.90. The molecule has 0 saturated carbocycles. The van der Waals surface area contributed by atoms with Gasteiger partial charge in [-0.2, -0.15) is 5.26 Å². The van der Waals surface area contributed by atoms with Crippen molar-refractivity contribution in [3.05, 3.63) is 63.4 Å². The summed E-state index contributed by atoms with van der Waals surface area (Å²) in [7, 11) is -2.08. The Hall–Kier alpha value is -2.75. The number of nitrogens with zero attached hydrogens (tertiary/aromatic N) is 3. The van der Waals surface area contributed by atoms with Gasteiger partial charge in [0.2, 0.25) is 0 Å². The molecule has 2 aromatic heterocycles. The molecule has 1 unspecified atom stereocenters. The molecule has 166 valence electrons. The molecule has 0 fully saturated rings. The second-order valence-electron chi connectivity index (χ2n) is 10.2. The molecule has 0 bridgehead atoms. The smallest absolute Gasteiger partial charge is 0.256 e. The lowest BCUT2D eigenvalue weighted by molar-refractivity contribution is 0.178. The van der Waals surface area contributed by atoms with Crippen molar-refractivity contribution in [2.45, 2.75) is 71.3 Å². The minimum atomic E-state index is -2.08. The lowest BCUT2D eigenvalue weighted by atomic mass is 9.99. The van der Waals surface area contributed by atoms with Crippen LogP contribution in [-0.2, 0) is 17.4 Å². The van der Waals surface area contributed by atoms with Crippen LogP contribution in [0.4, 0.5) is 0 Å². The van der Waals surface area contributed by atoms with Crippen LogP contribution in [0.3, 0.4) is 0 Å². The maximum Gasteiger partial charge on any atom is 0.256 e. The quantitative estimate of drug-likeness (QED) is 0.355. The molecule has 0 spiro atoms. The molecule has 1 aromatic carbocycles. The number of para-hydroxylation sites is 1. The molecule has 32 heavy (non-hydrogen) atoms. The lowest BCUT2D eigenvalue weighted by Crippen LogP contribution is -2.42. The average Bonchev–Trinajstić information content (AvgIpc) is 3.09. The zero-order valence-electron chi connectivity index (χ0n) is 19.8. The summed E-state index contributed by atoms with van der Waals surface area (Å²) in [5.74, 6) is 0. The van der Waals surface area contributed by atoms with Crippen molar-refractivity contribution >= 4 is 19.2 Å². The Kier molecular flexibility index (Phi) is 5.60. The minimum absolute atomic E-state index is 0.0503. The predicted octanol–water partition coefficient (Wildman–Crippen LogP) is 5.96. The number of aromatic nitrogens is 2. The van der Waals surface area contributed by atoms with Crippen LogP contribution in [-0.4, -0.2) is 17.9 Å². The van der Waals surface area contributed by atoms with Gasteiger partial charge < -0.3 is 8.99 Å². The molecular formula is C26H31N3O2Si. The molecule has 0 radical (unpaired) electrons. The first kappa shape index (κ1) is 22.4. The van der Waals surface area contributed by atoms with E-state index < -0.39 is 8.32 Å². The van der Waals surface area contributed by atoms with Gasteiger partial charge in [-0.15, -0.1) is 0 Å². The van der Waals surface area contributed by atoms with E-state index in [4.69, 9.17) is 9.41 Å². The Labute approximate surface area is 190 Å². The average molecular weight is 446 g/mol. The number of fused-ring (bicyclic) bond motifs is 4. The standard InChI is InChI=1S/C26H31N3O2Si/c1-7-23(31-32(5,6)26(2,3)4)20-15-22-24-18(14-17-10-8-9-11-21(17)28-24)16-29(22)25(30)19(20)12-13-27/h8-11,14-15,23H,7,12,16H2,1-6H3. The number of pyridine rings is 2. The van der Waals surface area contributed by atoms with Gasteiger partial charge in [-0.05, 0) is 48.3 Å². The van der Waals surface area contributed by atoms with E-state index in [1.807, 2.05) is 24.3 Å². The van der Waals surface area contributed by atoms with Crippen molar-refractivity contribution in [1.82, 2.24) is 9.55 Å². The SMILES string of the molecule is CCC(O[Si](C)(C)C(C)(C)C)c1cc2n(c(=O)c1CC#N)Cc1cc3ccccc3nc1-2. The first-order valence-electron chi connectivity index (χ1n) is 11.3. The summed E-state index contributed by atoms with van der Waals surface area (Å²) in [5, 5.41) is 10.6. The molecule has 0 amide bonds. The predicted molar refractivity (Wildman–Crippen MR) is 131 cm³/mol. The third-order valence-corrected chi connectivity index (χ3v) is 11.5. The molecule has 1 aliphatic rings. The van der Waals surface area contributed by atoms with Crippen LogP contribution in [0.5, 0.6) is 0 Å². The summed E-state index contributed by atoms with van der Waals surface area (Å²) in [6.45, 7) is 13.7. The number of hydrogen-bond donors (Lipinski definition) is 0. The molecule has 3 aromatic rings. The summed E-state index contributed by atoms with van der Waals surface area (Å²) in [6, 6.07) is 14.4. The molecule has 0 N–H and O–H groups in total. The molecule has 1 aliphatic heterocycles. The first-order valence-corrected chi connectivity index (χ1v) is 14.2. The molecule has 3 heterocycles. The van der Waals surface area contributed by atoms with Crippen LogP contribution in [0.2, 0.25) is 18.1 Å². The fourth-order valence-electron chi connectivity index (χ4n) is 4.18. The Bertz CT molecular complexity index is 1300. The van der Waals surface area contributed by atoms with Gasteiger partial charge in [0.25, 0.3) is 5.56 Å². The van der Waals surface area contributed by atoms with E-state index in [2.05, 4.69) is 59.0 Å². The summed E-state index contributed by atoms with van der Waals surface area (Å²) < 4.78 is 8.53. The van der Waals surface area contributed by atoms with Crippen molar-refractivity contribution in [3.63, 3.8) is 0 Å². The van der Waals surface area contributed by atoms with Gasteiger partial charge in [0, 0.05) is 16.5 Å². The van der Waals surface area contributed by atoms with Crippen molar-refractivity contribution < 1.29 is 4.43 Å². The summed E-state index contributed by atoms with van der Waals surface area (Å²) in [6.07, 6.45) is 0.603. The molecule has 1 atom stereocenters. The largest absolute Gasteiger partial charge is 0.410 e. The topological polar surface area (TPSA) is 67.9 Å². The Morgan fingerprint density at radius 3 is 2.62 bits per heavy atom. The van der Waals surface area contributed by atoms with E-state index in [0.717, 1.165) is 39.8 Å². The van der Waals surface area contributed by atoms with Crippen LogP contribution in [0.15, 0.2) is 41.2 Å². The molecule has 6 heteroatoms. The van der Waals surface area contributed by atoms with Crippen LogP contribution < -0.4 is 5.56 Å². The third-order valence-electron chi connectivity index (χ3n) is 7.03. The highest BCUT2D eigenvalue weighted by atomic mass is 28.4. The van der Waals surface area contributed by atoms with Gasteiger partial charge in [0.15, 0.2) is 8.32 Å². The van der Waals surface area contributed by atoms with Gasteiger partial charge in [0.05, 0.1) is 42.0 Å². The Morgan fingerprint density at radius 1 is 1.25 bits per heavy atom. The first-order chi connectivity index (χ1) is 15.1. The second-order valence-corrected chi connectivity index (χ2v) is 14.9. The Morgan fingerprint density at radius 2 is 1.97 bits per heavy atom. The van der Waals surface area contributed by atoms with Crippen molar-refractivity contribution in [3.8, 4) is 17.5 Å². The van der Waals surface area contributed by atoms with E-state index in [9.17, 15) is 10.1 Å². The number of nitriles is 1. The highest BCUT2D eigenvalue weighted by Crippen LogP contribution is 2.42. The van der Waals surface area contributed by atoms with Crippen LogP contribution in [0.1, 0.15) is 56.9 Å². The molecule has 0 aliphatic carbocycles. The van der Waals surface area contributed by atoms with Gasteiger partial charge in [-0.1, -0.05) is 45.9 Å². The monoisotopic (exact) mass is 445 g/mol. The highest BCUT2D eigenvalue weighted by molar-refractivity contribution is 6.74. The van der Waals surface area contributed by atoms with E-state index >= 15 is 0 Å². The van der Waals surface area contributed by atoms with Gasteiger partial charge in [-0.25, -0.2) is 4.98 Å². The number of rotatable bonds is 5. The summed E-state index contributed by atoms with van der Waals surface area (Å²) in [5.41, 5.74) is 4.94. The maximum atomic E-state index is 13.6. The molecular weight excluding hydrogens is 414 g/mol. The van der Waals surface area contributed by atoms with E-state index in [1.54, 1.807) is 4.57 Å².